The van der Waals surface area contributed by atoms with Crippen LogP contribution < -0.4 is 4.74 Å². The first-order chi connectivity index (χ1) is 10.0. The molecule has 0 heterocycles. The fraction of sp³-hybridized carbons (Fsp3) is 0.176. The minimum Gasteiger partial charge on any atom is -0.486 e. The Morgan fingerprint density at radius 2 is 1.81 bits per heavy atom. The average molecular weight is 284 g/mol. The van der Waals surface area contributed by atoms with Crippen LogP contribution in [0.2, 0.25) is 0 Å². The normalized spacial score (nSPS) is 10.1. The quantitative estimate of drug-likeness (QED) is 0.886. The molecule has 1 N–H and O–H groups in total. The Morgan fingerprint density at radius 1 is 1.10 bits per heavy atom. The molecule has 4 nitrogen and oxygen atoms in total. The topological polar surface area (TPSA) is 63.6 Å². The first-order valence-corrected chi connectivity index (χ1v) is 6.58. The molecule has 0 saturated carbocycles. The Kier molecular flexibility index (Phi) is 4.72. The lowest BCUT2D eigenvalue weighted by atomic mass is 10.1. The number of carbonyl (C=O) groups is 2. The predicted octanol–water partition coefficient (Wildman–Crippen LogP) is 2.88. The second kappa shape index (κ2) is 6.70. The zero-order valence-electron chi connectivity index (χ0n) is 11.7. The summed E-state index contributed by atoms with van der Waals surface area (Å²) in [4.78, 5) is 22.7. The van der Waals surface area contributed by atoms with Crippen molar-refractivity contribution >= 4 is 11.8 Å². The molecular weight excluding hydrogens is 268 g/mol. The summed E-state index contributed by atoms with van der Waals surface area (Å²) in [6.45, 7) is 1.95. The van der Waals surface area contributed by atoms with Crippen LogP contribution in [-0.4, -0.2) is 23.5 Å². The van der Waals surface area contributed by atoms with Crippen LogP contribution in [0.25, 0.3) is 0 Å². The van der Waals surface area contributed by atoms with Crippen LogP contribution in [0.3, 0.4) is 0 Å². The molecule has 0 radical (unpaired) electrons. The number of hydrogen-bond donors (Lipinski definition) is 1. The molecule has 2 rings (SSSR count). The van der Waals surface area contributed by atoms with E-state index >= 15 is 0 Å². The van der Waals surface area contributed by atoms with Gasteiger partial charge in [-0.2, -0.15) is 0 Å². The summed E-state index contributed by atoms with van der Waals surface area (Å²) in [7, 11) is 0. The number of Topliss-reactive ketones (excluding diaryl/α,β-unsaturated/α-hetero) is 1. The molecular formula is C17H16O4. The molecule has 0 bridgehead atoms. The molecule has 0 spiro atoms. The number of ether oxygens (including phenoxy) is 1. The number of carboxylic acid groups (broad SMARTS) is 1. The van der Waals surface area contributed by atoms with Crippen molar-refractivity contribution in [1.82, 2.24) is 0 Å². The van der Waals surface area contributed by atoms with Crippen molar-refractivity contribution in [1.29, 1.82) is 0 Å². The highest BCUT2D eigenvalue weighted by Gasteiger charge is 2.08. The molecule has 0 aliphatic heterocycles. The second-order valence-electron chi connectivity index (χ2n) is 4.82. The van der Waals surface area contributed by atoms with Gasteiger partial charge in [0.1, 0.15) is 12.4 Å². The van der Waals surface area contributed by atoms with E-state index in [0.717, 1.165) is 5.56 Å². The van der Waals surface area contributed by atoms with E-state index in [4.69, 9.17) is 9.84 Å². The van der Waals surface area contributed by atoms with E-state index in [1.807, 2.05) is 31.2 Å². The molecule has 0 fully saturated rings. The summed E-state index contributed by atoms with van der Waals surface area (Å²) in [6, 6.07) is 13.8. The minimum atomic E-state index is -1.000. The van der Waals surface area contributed by atoms with E-state index < -0.39 is 5.97 Å². The third kappa shape index (κ3) is 4.45. The van der Waals surface area contributed by atoms with Crippen LogP contribution in [-0.2, 0) is 11.2 Å². The van der Waals surface area contributed by atoms with E-state index in [2.05, 4.69) is 0 Å². The van der Waals surface area contributed by atoms with Gasteiger partial charge in [0.15, 0.2) is 5.78 Å². The van der Waals surface area contributed by atoms with E-state index in [-0.39, 0.29) is 24.4 Å². The van der Waals surface area contributed by atoms with Gasteiger partial charge < -0.3 is 9.84 Å². The van der Waals surface area contributed by atoms with Crippen LogP contribution >= 0.6 is 0 Å². The van der Waals surface area contributed by atoms with Crippen molar-refractivity contribution in [2.24, 2.45) is 0 Å². The monoisotopic (exact) mass is 284 g/mol. The summed E-state index contributed by atoms with van der Waals surface area (Å²) in [5.41, 5.74) is 1.98. The molecule has 0 aliphatic rings. The van der Waals surface area contributed by atoms with Gasteiger partial charge in [-0.1, -0.05) is 29.8 Å². The molecule has 0 saturated heterocycles. The Hall–Kier alpha value is -2.62. The van der Waals surface area contributed by atoms with Crippen molar-refractivity contribution in [3.63, 3.8) is 0 Å². The van der Waals surface area contributed by atoms with Crippen molar-refractivity contribution < 1.29 is 19.4 Å². The van der Waals surface area contributed by atoms with Gasteiger partial charge in [-0.15, -0.1) is 0 Å². The maximum Gasteiger partial charge on any atom is 0.335 e. The van der Waals surface area contributed by atoms with Crippen LogP contribution in [0.15, 0.2) is 48.5 Å². The molecule has 0 aromatic heterocycles. The molecule has 21 heavy (non-hydrogen) atoms. The maximum atomic E-state index is 11.9. The lowest BCUT2D eigenvalue weighted by molar-refractivity contribution is -0.120. The fourth-order valence-corrected chi connectivity index (χ4v) is 1.89. The standard InChI is InChI=1S/C17H16O4/c1-12-5-7-16(8-6-12)21-11-15(18)10-13-3-2-4-14(9-13)17(19)20/h2-9H,10-11H2,1H3,(H,19,20). The summed E-state index contributed by atoms with van der Waals surface area (Å²) in [5.74, 6) is -0.452. The van der Waals surface area contributed by atoms with Gasteiger partial charge in [0.05, 0.1) is 5.56 Å². The van der Waals surface area contributed by atoms with Gasteiger partial charge >= 0.3 is 5.97 Å². The van der Waals surface area contributed by atoms with Gasteiger partial charge in [-0.3, -0.25) is 4.79 Å². The van der Waals surface area contributed by atoms with Crippen LogP contribution in [0.4, 0.5) is 0 Å². The first-order valence-electron chi connectivity index (χ1n) is 6.58. The van der Waals surface area contributed by atoms with Gasteiger partial charge in [0, 0.05) is 6.42 Å². The van der Waals surface area contributed by atoms with E-state index in [0.29, 0.717) is 11.3 Å². The average Bonchev–Trinajstić information content (AvgIpc) is 2.47. The zero-order valence-corrected chi connectivity index (χ0v) is 11.7. The maximum absolute atomic E-state index is 11.9. The third-order valence-electron chi connectivity index (χ3n) is 3.00. The van der Waals surface area contributed by atoms with Gasteiger partial charge in [0.2, 0.25) is 0 Å². The molecule has 0 amide bonds. The molecule has 2 aromatic carbocycles. The molecule has 0 aliphatic carbocycles. The number of carboxylic acids is 1. The Morgan fingerprint density at radius 3 is 2.48 bits per heavy atom. The smallest absolute Gasteiger partial charge is 0.335 e. The molecule has 108 valence electrons. The SMILES string of the molecule is Cc1ccc(OCC(=O)Cc2cccc(C(=O)O)c2)cc1. The highest BCUT2D eigenvalue weighted by atomic mass is 16.5. The lowest BCUT2D eigenvalue weighted by Gasteiger charge is -2.06. The third-order valence-corrected chi connectivity index (χ3v) is 3.00. The van der Waals surface area contributed by atoms with Crippen molar-refractivity contribution in [2.75, 3.05) is 6.61 Å². The van der Waals surface area contributed by atoms with E-state index in [1.165, 1.54) is 12.1 Å². The molecule has 0 unspecified atom stereocenters. The number of carbonyl (C=O) groups excluding carboxylic acids is 1. The van der Waals surface area contributed by atoms with Crippen LogP contribution in [0.5, 0.6) is 5.75 Å². The van der Waals surface area contributed by atoms with E-state index in [9.17, 15) is 9.59 Å². The zero-order chi connectivity index (χ0) is 15.2. The number of aromatic carboxylic acids is 1. The number of hydrogen-bond acceptors (Lipinski definition) is 3. The van der Waals surface area contributed by atoms with Crippen LogP contribution in [0, 0.1) is 6.92 Å². The van der Waals surface area contributed by atoms with Crippen molar-refractivity contribution in [3.8, 4) is 5.75 Å². The van der Waals surface area contributed by atoms with Gasteiger partial charge in [-0.25, -0.2) is 4.79 Å². The fourth-order valence-electron chi connectivity index (χ4n) is 1.89. The summed E-state index contributed by atoms with van der Waals surface area (Å²) in [6.07, 6.45) is 0.160. The molecule has 0 atom stereocenters. The lowest BCUT2D eigenvalue weighted by Crippen LogP contribution is -2.14. The summed E-state index contributed by atoms with van der Waals surface area (Å²) in [5, 5.41) is 8.91. The predicted molar refractivity (Wildman–Crippen MR) is 78.8 cm³/mol. The van der Waals surface area contributed by atoms with E-state index in [1.54, 1.807) is 12.1 Å². The Balaban J connectivity index is 1.91. The number of rotatable bonds is 6. The van der Waals surface area contributed by atoms with Gasteiger partial charge in [0.25, 0.3) is 0 Å². The highest BCUT2D eigenvalue weighted by molar-refractivity contribution is 5.88. The first kappa shape index (κ1) is 14.8. The highest BCUT2D eigenvalue weighted by Crippen LogP contribution is 2.12. The number of ketones is 1. The molecule has 2 aromatic rings. The second-order valence-corrected chi connectivity index (χ2v) is 4.82. The van der Waals surface area contributed by atoms with Gasteiger partial charge in [-0.05, 0) is 36.8 Å². The minimum absolute atomic E-state index is 0.0274. The van der Waals surface area contributed by atoms with Crippen molar-refractivity contribution in [3.05, 3.63) is 65.2 Å². The van der Waals surface area contributed by atoms with Crippen molar-refractivity contribution in [2.45, 2.75) is 13.3 Å². The Bertz CT molecular complexity index is 644. The largest absolute Gasteiger partial charge is 0.486 e. The Labute approximate surface area is 123 Å². The number of aryl methyl sites for hydroxylation is 1. The summed E-state index contributed by atoms with van der Waals surface area (Å²) < 4.78 is 5.41. The molecule has 4 heteroatoms. The number of benzene rings is 2. The van der Waals surface area contributed by atoms with Crippen LogP contribution in [0.1, 0.15) is 21.5 Å². The summed E-state index contributed by atoms with van der Waals surface area (Å²) >= 11 is 0.